The van der Waals surface area contributed by atoms with Crippen LogP contribution in [0.3, 0.4) is 0 Å². The molecule has 2 aromatic rings. The van der Waals surface area contributed by atoms with Crippen LogP contribution in [0.2, 0.25) is 0 Å². The molecule has 1 unspecified atom stereocenters. The highest BCUT2D eigenvalue weighted by molar-refractivity contribution is 5.55. The SMILES string of the molecule is CC(c1nc(-c2cccc(C(F)(F)F)c2)no1)N1CCN(CC#N)CC1. The van der Waals surface area contributed by atoms with E-state index >= 15 is 0 Å². The normalized spacial score (nSPS) is 17.8. The summed E-state index contributed by atoms with van der Waals surface area (Å²) in [6.07, 6.45) is -4.42. The van der Waals surface area contributed by atoms with Crippen molar-refractivity contribution < 1.29 is 17.7 Å². The molecule has 3 rings (SSSR count). The minimum atomic E-state index is -4.42. The van der Waals surface area contributed by atoms with Crippen LogP contribution in [0, 0.1) is 11.3 Å². The first kappa shape index (κ1) is 18.4. The van der Waals surface area contributed by atoms with Gasteiger partial charge in [0.15, 0.2) is 0 Å². The van der Waals surface area contributed by atoms with Crippen LogP contribution in [-0.2, 0) is 6.18 Å². The second-order valence-electron chi connectivity index (χ2n) is 6.18. The van der Waals surface area contributed by atoms with Gasteiger partial charge in [0.05, 0.1) is 24.2 Å². The number of nitrogens with zero attached hydrogens (tertiary/aromatic N) is 5. The van der Waals surface area contributed by atoms with Crippen LogP contribution in [0.1, 0.15) is 24.4 Å². The Morgan fingerprint density at radius 2 is 2.00 bits per heavy atom. The molecule has 1 fully saturated rings. The van der Waals surface area contributed by atoms with E-state index in [-0.39, 0.29) is 17.4 Å². The fourth-order valence-electron chi connectivity index (χ4n) is 2.92. The highest BCUT2D eigenvalue weighted by Crippen LogP contribution is 2.32. The molecule has 9 heteroatoms. The van der Waals surface area contributed by atoms with E-state index in [2.05, 4.69) is 26.0 Å². The summed E-state index contributed by atoms with van der Waals surface area (Å²) in [5.74, 6) is 0.507. The minimum Gasteiger partial charge on any atom is -0.337 e. The number of piperazine rings is 1. The zero-order valence-corrected chi connectivity index (χ0v) is 14.2. The van der Waals surface area contributed by atoms with E-state index in [0.29, 0.717) is 12.4 Å². The molecule has 2 heterocycles. The van der Waals surface area contributed by atoms with E-state index in [4.69, 9.17) is 9.78 Å². The van der Waals surface area contributed by atoms with Gasteiger partial charge in [0.2, 0.25) is 11.7 Å². The molecule has 0 bridgehead atoms. The Bertz CT molecular complexity index is 790. The summed E-state index contributed by atoms with van der Waals surface area (Å²) in [6.45, 7) is 5.37. The van der Waals surface area contributed by atoms with Crippen molar-refractivity contribution in [2.24, 2.45) is 0 Å². The van der Waals surface area contributed by atoms with Gasteiger partial charge in [-0.3, -0.25) is 9.80 Å². The molecule has 0 aliphatic carbocycles. The molecule has 0 radical (unpaired) electrons. The number of nitriles is 1. The lowest BCUT2D eigenvalue weighted by Crippen LogP contribution is -2.47. The Kier molecular flexibility index (Phi) is 5.25. The first-order chi connectivity index (χ1) is 12.4. The summed E-state index contributed by atoms with van der Waals surface area (Å²) in [5, 5.41) is 12.6. The van der Waals surface area contributed by atoms with Crippen LogP contribution in [0.5, 0.6) is 0 Å². The fraction of sp³-hybridized carbons (Fsp3) is 0.471. The van der Waals surface area contributed by atoms with E-state index in [1.54, 1.807) is 0 Å². The standard InChI is InChI=1S/C17H18F3N5O/c1-12(25-9-7-24(6-5-21)8-10-25)16-22-15(23-26-16)13-3-2-4-14(11-13)17(18,19)20/h2-4,11-12H,6-10H2,1H3. The maximum absolute atomic E-state index is 12.9. The van der Waals surface area contributed by atoms with Gasteiger partial charge in [-0.05, 0) is 19.1 Å². The van der Waals surface area contributed by atoms with Gasteiger partial charge in [-0.1, -0.05) is 17.3 Å². The summed E-state index contributed by atoms with van der Waals surface area (Å²) in [7, 11) is 0. The van der Waals surface area contributed by atoms with Crippen LogP contribution in [-0.4, -0.2) is 52.7 Å². The van der Waals surface area contributed by atoms with Crippen LogP contribution in [0.4, 0.5) is 13.2 Å². The molecule has 0 amide bonds. The molecule has 26 heavy (non-hydrogen) atoms. The Hall–Kier alpha value is -2.44. The molecular weight excluding hydrogens is 347 g/mol. The molecule has 0 spiro atoms. The molecule has 1 aromatic heterocycles. The maximum atomic E-state index is 12.9. The number of alkyl halides is 3. The number of benzene rings is 1. The van der Waals surface area contributed by atoms with Crippen LogP contribution in [0.25, 0.3) is 11.4 Å². The summed E-state index contributed by atoms with van der Waals surface area (Å²) < 4.78 is 43.8. The number of rotatable bonds is 4. The van der Waals surface area contributed by atoms with Crippen molar-refractivity contribution in [1.82, 2.24) is 19.9 Å². The van der Waals surface area contributed by atoms with Gasteiger partial charge in [-0.2, -0.15) is 23.4 Å². The monoisotopic (exact) mass is 365 g/mol. The van der Waals surface area contributed by atoms with Crippen molar-refractivity contribution in [2.75, 3.05) is 32.7 Å². The average molecular weight is 365 g/mol. The Balaban J connectivity index is 1.71. The largest absolute Gasteiger partial charge is 0.416 e. The molecule has 6 nitrogen and oxygen atoms in total. The topological polar surface area (TPSA) is 69.2 Å². The van der Waals surface area contributed by atoms with Crippen molar-refractivity contribution in [2.45, 2.75) is 19.1 Å². The van der Waals surface area contributed by atoms with Crippen molar-refractivity contribution in [3.8, 4) is 17.5 Å². The minimum absolute atomic E-state index is 0.140. The predicted octanol–water partition coefficient (Wildman–Crippen LogP) is 2.96. The number of halogens is 3. The zero-order valence-electron chi connectivity index (χ0n) is 14.2. The third-order valence-electron chi connectivity index (χ3n) is 4.50. The Morgan fingerprint density at radius 1 is 1.27 bits per heavy atom. The number of aromatic nitrogens is 2. The molecule has 1 aliphatic rings. The van der Waals surface area contributed by atoms with Crippen molar-refractivity contribution in [1.29, 1.82) is 5.26 Å². The van der Waals surface area contributed by atoms with Crippen LogP contribution >= 0.6 is 0 Å². The number of hydrogen-bond acceptors (Lipinski definition) is 6. The smallest absolute Gasteiger partial charge is 0.337 e. The zero-order chi connectivity index (χ0) is 18.7. The molecule has 1 aromatic carbocycles. The van der Waals surface area contributed by atoms with Crippen LogP contribution in [0.15, 0.2) is 28.8 Å². The lowest BCUT2D eigenvalue weighted by Gasteiger charge is -2.35. The third-order valence-corrected chi connectivity index (χ3v) is 4.50. The van der Waals surface area contributed by atoms with E-state index in [1.165, 1.54) is 12.1 Å². The number of hydrogen-bond donors (Lipinski definition) is 0. The second kappa shape index (κ2) is 7.43. The van der Waals surface area contributed by atoms with Crippen molar-refractivity contribution in [3.05, 3.63) is 35.7 Å². The van der Waals surface area contributed by atoms with Gasteiger partial charge in [0.1, 0.15) is 0 Å². The van der Waals surface area contributed by atoms with Gasteiger partial charge < -0.3 is 4.52 Å². The van der Waals surface area contributed by atoms with E-state index < -0.39 is 11.7 Å². The van der Waals surface area contributed by atoms with Gasteiger partial charge >= 0.3 is 6.18 Å². The summed E-state index contributed by atoms with van der Waals surface area (Å²) in [6, 6.07) is 6.86. The van der Waals surface area contributed by atoms with Crippen LogP contribution < -0.4 is 0 Å². The molecule has 1 saturated heterocycles. The highest BCUT2D eigenvalue weighted by atomic mass is 19.4. The Morgan fingerprint density at radius 3 is 2.65 bits per heavy atom. The van der Waals surface area contributed by atoms with E-state index in [0.717, 1.165) is 38.3 Å². The summed E-state index contributed by atoms with van der Waals surface area (Å²) in [4.78, 5) is 8.49. The maximum Gasteiger partial charge on any atom is 0.416 e. The summed E-state index contributed by atoms with van der Waals surface area (Å²) >= 11 is 0. The van der Waals surface area contributed by atoms with Gasteiger partial charge in [0.25, 0.3) is 0 Å². The lowest BCUT2D eigenvalue weighted by atomic mass is 10.1. The molecule has 138 valence electrons. The highest BCUT2D eigenvalue weighted by Gasteiger charge is 2.31. The molecular formula is C17H18F3N5O. The van der Waals surface area contributed by atoms with Gasteiger partial charge in [-0.15, -0.1) is 0 Å². The first-order valence-corrected chi connectivity index (χ1v) is 8.23. The van der Waals surface area contributed by atoms with E-state index in [9.17, 15) is 13.2 Å². The molecule has 0 saturated carbocycles. The molecule has 1 atom stereocenters. The quantitative estimate of drug-likeness (QED) is 0.776. The molecule has 0 N–H and O–H groups in total. The van der Waals surface area contributed by atoms with E-state index in [1.807, 2.05) is 6.92 Å². The average Bonchev–Trinajstić information content (AvgIpc) is 3.12. The van der Waals surface area contributed by atoms with Crippen molar-refractivity contribution in [3.63, 3.8) is 0 Å². The Labute approximate surface area is 148 Å². The van der Waals surface area contributed by atoms with Gasteiger partial charge in [0, 0.05) is 31.7 Å². The first-order valence-electron chi connectivity index (χ1n) is 8.23. The predicted molar refractivity (Wildman–Crippen MR) is 86.8 cm³/mol. The third kappa shape index (κ3) is 4.03. The van der Waals surface area contributed by atoms with Gasteiger partial charge in [-0.25, -0.2) is 0 Å². The lowest BCUT2D eigenvalue weighted by molar-refractivity contribution is -0.137. The fourth-order valence-corrected chi connectivity index (χ4v) is 2.92. The summed E-state index contributed by atoms with van der Waals surface area (Å²) in [5.41, 5.74) is -0.483. The molecule has 1 aliphatic heterocycles. The second-order valence-corrected chi connectivity index (χ2v) is 6.18. The van der Waals surface area contributed by atoms with Crippen molar-refractivity contribution >= 4 is 0 Å².